The molecule has 5 heteroatoms. The van der Waals surface area contributed by atoms with Crippen molar-refractivity contribution in [2.75, 3.05) is 0 Å². The molecule has 9 aromatic carbocycles. The Labute approximate surface area is 351 Å². The second-order valence-corrected chi connectivity index (χ2v) is 15.8. The van der Waals surface area contributed by atoms with Gasteiger partial charge in [0, 0.05) is 58.6 Å². The van der Waals surface area contributed by atoms with Crippen molar-refractivity contribution in [3.05, 3.63) is 194 Å². The number of benzene rings is 9. The van der Waals surface area contributed by atoms with Gasteiger partial charge in [-0.2, -0.15) is 9.97 Å². The van der Waals surface area contributed by atoms with Gasteiger partial charge in [-0.25, -0.2) is 4.98 Å². The Morgan fingerprint density at radius 2 is 0.933 bits per heavy atom. The summed E-state index contributed by atoms with van der Waals surface area (Å²) in [5, 5.41) is 9.46. The summed E-state index contributed by atoms with van der Waals surface area (Å²) in [4.78, 5) is 16.1. The van der Waals surface area contributed by atoms with Crippen molar-refractivity contribution in [1.29, 1.82) is 0 Å². The summed E-state index contributed by atoms with van der Waals surface area (Å²) in [7, 11) is 0. The fraction of sp³-hybridized carbons (Fsp3) is 0.0364. The van der Waals surface area contributed by atoms with Crippen molar-refractivity contribution >= 4 is 74.9 Å². The largest absolute Gasteiger partial charge is 0.277 e. The highest BCUT2D eigenvalue weighted by Crippen LogP contribution is 2.45. The molecule has 3 heterocycles. The van der Waals surface area contributed by atoms with E-state index in [0.29, 0.717) is 17.6 Å². The van der Waals surface area contributed by atoms with E-state index in [1.165, 1.54) is 36.7 Å². The van der Waals surface area contributed by atoms with E-state index in [1.54, 1.807) is 0 Å². The number of thiophene rings is 1. The summed E-state index contributed by atoms with van der Waals surface area (Å²) in [5.41, 5.74) is 8.64. The van der Waals surface area contributed by atoms with Crippen molar-refractivity contribution < 1.29 is 0 Å². The Kier molecular flexibility index (Phi) is 8.75. The molecule has 0 aliphatic heterocycles. The highest BCUT2D eigenvalue weighted by atomic mass is 32.1. The van der Waals surface area contributed by atoms with Crippen molar-refractivity contribution in [1.82, 2.24) is 19.5 Å². The Bertz CT molecular complexity index is 3560. The van der Waals surface area contributed by atoms with E-state index >= 15 is 0 Å². The Morgan fingerprint density at radius 1 is 0.367 bits per heavy atom. The average molecular weight is 787 g/mol. The molecule has 0 spiro atoms. The molecule has 0 unspecified atom stereocenters. The molecule has 12 rings (SSSR count). The molecule has 3 aromatic heterocycles. The number of hydrogen-bond donors (Lipinski definition) is 0. The van der Waals surface area contributed by atoms with Gasteiger partial charge in [-0.05, 0) is 39.4 Å². The fourth-order valence-corrected chi connectivity index (χ4v) is 9.93. The fourth-order valence-electron chi connectivity index (χ4n) is 8.70. The van der Waals surface area contributed by atoms with E-state index in [-0.39, 0.29) is 0 Å². The van der Waals surface area contributed by atoms with Crippen LogP contribution in [0.1, 0.15) is 13.8 Å². The summed E-state index contributed by atoms with van der Waals surface area (Å²) in [6.07, 6.45) is 0. The molecule has 12 aromatic rings. The molecule has 4 nitrogen and oxygen atoms in total. The monoisotopic (exact) mass is 786 g/mol. The molecule has 0 atom stereocenters. The molecule has 0 amide bonds. The van der Waals surface area contributed by atoms with Crippen molar-refractivity contribution in [2.24, 2.45) is 0 Å². The van der Waals surface area contributed by atoms with Crippen LogP contribution in [0.4, 0.5) is 0 Å². The minimum atomic E-state index is 0.576. The number of nitrogens with zero attached hydrogens (tertiary/aromatic N) is 4. The number of para-hydroxylation sites is 1. The summed E-state index contributed by atoms with van der Waals surface area (Å²) in [5.74, 6) is 1.82. The molecule has 0 radical (unpaired) electrons. The number of rotatable bonds is 5. The summed E-state index contributed by atoms with van der Waals surface area (Å²) in [6, 6.07) is 69.1. The molecule has 0 N–H and O–H groups in total. The van der Waals surface area contributed by atoms with Crippen LogP contribution in [-0.4, -0.2) is 19.5 Å². The lowest BCUT2D eigenvalue weighted by Gasteiger charge is -2.14. The van der Waals surface area contributed by atoms with Crippen LogP contribution in [0.3, 0.4) is 0 Å². The Morgan fingerprint density at radius 3 is 1.75 bits per heavy atom. The Balaban J connectivity index is 0.00000201. The maximum atomic E-state index is 5.43. The first-order valence-corrected chi connectivity index (χ1v) is 21.3. The topological polar surface area (TPSA) is 43.6 Å². The third-order valence-electron chi connectivity index (χ3n) is 11.4. The van der Waals surface area contributed by atoms with Crippen LogP contribution in [0.25, 0.3) is 115 Å². The summed E-state index contributed by atoms with van der Waals surface area (Å²) in [6.45, 7) is 4.00. The van der Waals surface area contributed by atoms with Crippen molar-refractivity contribution in [2.45, 2.75) is 13.8 Å². The molecular weight excluding hydrogens is 749 g/mol. The van der Waals surface area contributed by atoms with Crippen molar-refractivity contribution in [3.63, 3.8) is 0 Å². The van der Waals surface area contributed by atoms with E-state index in [2.05, 4.69) is 193 Å². The van der Waals surface area contributed by atoms with Crippen LogP contribution in [0, 0.1) is 0 Å². The first-order valence-electron chi connectivity index (χ1n) is 20.5. The van der Waals surface area contributed by atoms with Crippen LogP contribution in [0.5, 0.6) is 0 Å². The molecule has 0 bridgehead atoms. The van der Waals surface area contributed by atoms with Gasteiger partial charge < -0.3 is 0 Å². The van der Waals surface area contributed by atoms with Crippen LogP contribution in [0.2, 0.25) is 0 Å². The van der Waals surface area contributed by atoms with E-state index < -0.39 is 0 Å². The zero-order valence-corrected chi connectivity index (χ0v) is 34.0. The maximum Gasteiger partial charge on any atom is 0.238 e. The zero-order valence-electron chi connectivity index (χ0n) is 33.2. The number of aromatic nitrogens is 4. The predicted octanol–water partition coefficient (Wildman–Crippen LogP) is 15.3. The highest BCUT2D eigenvalue weighted by Gasteiger charge is 2.23. The van der Waals surface area contributed by atoms with E-state index in [0.717, 1.165) is 60.2 Å². The second-order valence-electron chi connectivity index (χ2n) is 14.8. The quantitative estimate of drug-likeness (QED) is 0.174. The van der Waals surface area contributed by atoms with E-state index in [9.17, 15) is 0 Å². The average Bonchev–Trinajstić information content (AvgIpc) is 3.89. The predicted molar refractivity (Wildman–Crippen MR) is 255 cm³/mol. The second kappa shape index (κ2) is 14.7. The molecule has 60 heavy (non-hydrogen) atoms. The first kappa shape index (κ1) is 35.7. The van der Waals surface area contributed by atoms with Gasteiger partial charge in [0.05, 0.1) is 11.0 Å². The number of fused-ring (bicyclic) bond motifs is 9. The minimum absolute atomic E-state index is 0.576. The Hall–Kier alpha value is -7.47. The van der Waals surface area contributed by atoms with Gasteiger partial charge in [-0.1, -0.05) is 196 Å². The first-order chi connectivity index (χ1) is 29.7. The number of hydrogen-bond acceptors (Lipinski definition) is 4. The van der Waals surface area contributed by atoms with Gasteiger partial charge in [0.15, 0.2) is 11.6 Å². The van der Waals surface area contributed by atoms with E-state index in [4.69, 9.17) is 15.0 Å². The lowest BCUT2D eigenvalue weighted by molar-refractivity contribution is 0.956. The standard InChI is InChI=1S/C53H32N4S.C2H6/c1-2-12-33(13-3-1)35-24-27-37(28-25-35)51-54-52(39-29-26-34-14-4-5-16-38(34)32-39)56-53(55-51)57-48-40-17-7-6-15-36(40)30-31-44(48)42-19-10-20-43(49(42)57)46-22-11-21-45-41-18-8-9-23-47(41)58-50(45)46;1-2/h1-32H;1-2H3. The van der Waals surface area contributed by atoms with E-state index in [1.807, 2.05) is 31.3 Å². The molecule has 284 valence electrons. The molecule has 0 fully saturated rings. The lowest BCUT2D eigenvalue weighted by Crippen LogP contribution is -2.07. The molecule has 0 saturated heterocycles. The van der Waals surface area contributed by atoms with Gasteiger partial charge in [0.1, 0.15) is 0 Å². The summed E-state index contributed by atoms with van der Waals surface area (Å²) >= 11 is 1.85. The third kappa shape index (κ3) is 5.85. The van der Waals surface area contributed by atoms with Gasteiger partial charge >= 0.3 is 0 Å². The van der Waals surface area contributed by atoms with Crippen LogP contribution in [-0.2, 0) is 0 Å². The smallest absolute Gasteiger partial charge is 0.238 e. The normalized spacial score (nSPS) is 11.5. The summed E-state index contributed by atoms with van der Waals surface area (Å²) < 4.78 is 4.86. The van der Waals surface area contributed by atoms with Gasteiger partial charge in [0.25, 0.3) is 0 Å². The highest BCUT2D eigenvalue weighted by molar-refractivity contribution is 7.26. The van der Waals surface area contributed by atoms with Gasteiger partial charge in [-0.15, -0.1) is 11.3 Å². The molecular formula is C55H38N4S. The molecule has 0 aliphatic rings. The lowest BCUT2D eigenvalue weighted by atomic mass is 9.99. The minimum Gasteiger partial charge on any atom is -0.277 e. The van der Waals surface area contributed by atoms with Crippen LogP contribution < -0.4 is 0 Å². The van der Waals surface area contributed by atoms with Crippen LogP contribution in [0.15, 0.2) is 194 Å². The van der Waals surface area contributed by atoms with Crippen LogP contribution >= 0.6 is 11.3 Å². The zero-order chi connectivity index (χ0) is 40.2. The third-order valence-corrected chi connectivity index (χ3v) is 12.7. The molecule has 0 aliphatic carbocycles. The SMILES string of the molecule is CC.c1ccc(-c2ccc(-c3nc(-c4ccc5ccccc5c4)nc(-n4c5c(-c6cccc7c6sc6ccccc67)cccc5c5ccc6ccccc6c54)n3)cc2)cc1. The van der Waals surface area contributed by atoms with Gasteiger partial charge in [-0.3, -0.25) is 4.57 Å². The van der Waals surface area contributed by atoms with Crippen molar-refractivity contribution in [3.8, 4) is 51.0 Å². The molecule has 0 saturated carbocycles. The van der Waals surface area contributed by atoms with Gasteiger partial charge in [0.2, 0.25) is 5.95 Å². The maximum absolute atomic E-state index is 5.43.